The van der Waals surface area contributed by atoms with Crippen LogP contribution in [0.3, 0.4) is 0 Å². The molecular formula is C29H39NO7. The first-order valence-electron chi connectivity index (χ1n) is 13.1. The number of nitrogens with zero attached hydrogens (tertiary/aromatic N) is 1. The number of aryl methyl sites for hydroxylation is 1. The van der Waals surface area contributed by atoms with E-state index in [0.717, 1.165) is 44.9 Å². The van der Waals surface area contributed by atoms with E-state index >= 15 is 0 Å². The van der Waals surface area contributed by atoms with Crippen molar-refractivity contribution < 1.29 is 33.4 Å². The molecule has 0 N–H and O–H groups in total. The summed E-state index contributed by atoms with van der Waals surface area (Å²) in [6.45, 7) is 2.53. The number of carbonyl (C=O) groups excluding carboxylic acids is 4. The van der Waals surface area contributed by atoms with Crippen LogP contribution in [-0.4, -0.2) is 54.6 Å². The number of hydrogen-bond acceptors (Lipinski definition) is 7. The number of fused-ring (bicyclic) bond motifs is 1. The molecule has 1 aromatic carbocycles. The monoisotopic (exact) mass is 513 g/mol. The fraction of sp³-hybridized carbons (Fsp3) is 0.586. The van der Waals surface area contributed by atoms with Gasteiger partial charge in [-0.2, -0.15) is 0 Å². The molecule has 0 fully saturated rings. The summed E-state index contributed by atoms with van der Waals surface area (Å²) < 4.78 is 15.0. The van der Waals surface area contributed by atoms with E-state index in [2.05, 4.69) is 18.1 Å². The summed E-state index contributed by atoms with van der Waals surface area (Å²) in [4.78, 5) is 48.9. The first-order valence-corrected chi connectivity index (χ1v) is 13.1. The first-order chi connectivity index (χ1) is 17.8. The molecule has 0 bridgehead atoms. The van der Waals surface area contributed by atoms with E-state index in [9.17, 15) is 19.2 Å². The van der Waals surface area contributed by atoms with Gasteiger partial charge in [0.1, 0.15) is 13.2 Å². The molecule has 0 saturated heterocycles. The molecule has 37 heavy (non-hydrogen) atoms. The van der Waals surface area contributed by atoms with Crippen LogP contribution in [0.4, 0.5) is 0 Å². The Morgan fingerprint density at radius 2 is 1.54 bits per heavy atom. The third-order valence-corrected chi connectivity index (χ3v) is 6.32. The van der Waals surface area contributed by atoms with Gasteiger partial charge in [0.15, 0.2) is 6.10 Å². The molecule has 8 nitrogen and oxygen atoms in total. The quantitative estimate of drug-likeness (QED) is 0.141. The Bertz CT molecular complexity index is 934. The summed E-state index contributed by atoms with van der Waals surface area (Å²) in [5.74, 6) is 1.34. The van der Waals surface area contributed by atoms with E-state index in [0.29, 0.717) is 19.4 Å². The zero-order valence-electron chi connectivity index (χ0n) is 22.0. The van der Waals surface area contributed by atoms with Crippen molar-refractivity contribution in [2.75, 3.05) is 19.8 Å². The van der Waals surface area contributed by atoms with Gasteiger partial charge in [-0.1, -0.05) is 55.9 Å². The standard InChI is InChI=1S/C29H39NO7/c1-4-19-30(27-18-17-24-13-11-12-14-26(24)27)28(33)15-9-7-5-6-8-10-16-29(34)37-25(20-35-22(2)31)21-36-23(3)32/h1,11-14,25,27H,5-10,15-21H2,2-3H3/t27-/m1/s1. The minimum absolute atomic E-state index is 0.0714. The number of hydrogen-bond donors (Lipinski definition) is 0. The van der Waals surface area contributed by atoms with E-state index < -0.39 is 24.0 Å². The number of ether oxygens (including phenoxy) is 3. The molecule has 1 aliphatic rings. The molecule has 0 spiro atoms. The summed E-state index contributed by atoms with van der Waals surface area (Å²) >= 11 is 0. The fourth-order valence-electron chi connectivity index (χ4n) is 4.51. The second kappa shape index (κ2) is 16.4. The van der Waals surface area contributed by atoms with Gasteiger partial charge in [0.2, 0.25) is 5.91 Å². The number of benzene rings is 1. The predicted molar refractivity (Wildman–Crippen MR) is 138 cm³/mol. The number of unbranched alkanes of at least 4 members (excludes halogenated alkanes) is 5. The van der Waals surface area contributed by atoms with Crippen molar-refractivity contribution in [1.82, 2.24) is 4.90 Å². The predicted octanol–water partition coefficient (Wildman–Crippen LogP) is 4.29. The highest BCUT2D eigenvalue weighted by Gasteiger charge is 2.29. The van der Waals surface area contributed by atoms with Gasteiger partial charge in [0.05, 0.1) is 12.6 Å². The van der Waals surface area contributed by atoms with Crippen molar-refractivity contribution in [2.45, 2.75) is 90.2 Å². The van der Waals surface area contributed by atoms with Gasteiger partial charge in [-0.3, -0.25) is 19.2 Å². The second-order valence-corrected chi connectivity index (χ2v) is 9.32. The second-order valence-electron chi connectivity index (χ2n) is 9.32. The van der Waals surface area contributed by atoms with Crippen molar-refractivity contribution in [3.63, 3.8) is 0 Å². The van der Waals surface area contributed by atoms with E-state index in [-0.39, 0.29) is 31.6 Å². The molecule has 0 radical (unpaired) electrons. The molecule has 2 rings (SSSR count). The van der Waals surface area contributed by atoms with Crippen LogP contribution in [0.1, 0.15) is 88.8 Å². The zero-order valence-corrected chi connectivity index (χ0v) is 22.0. The summed E-state index contributed by atoms with van der Waals surface area (Å²) in [6.07, 6.45) is 12.6. The Morgan fingerprint density at radius 1 is 0.946 bits per heavy atom. The molecular weight excluding hydrogens is 474 g/mol. The maximum atomic E-state index is 12.9. The molecule has 0 aliphatic heterocycles. The van der Waals surface area contributed by atoms with Gasteiger partial charge < -0.3 is 19.1 Å². The molecule has 1 aliphatic carbocycles. The first kappa shape index (κ1) is 29.9. The van der Waals surface area contributed by atoms with E-state index in [4.69, 9.17) is 20.6 Å². The average molecular weight is 514 g/mol. The van der Waals surface area contributed by atoms with Crippen molar-refractivity contribution in [3.05, 3.63) is 35.4 Å². The maximum absolute atomic E-state index is 12.9. The van der Waals surface area contributed by atoms with Crippen LogP contribution < -0.4 is 0 Å². The average Bonchev–Trinajstić information content (AvgIpc) is 3.29. The van der Waals surface area contributed by atoms with Gasteiger partial charge >= 0.3 is 17.9 Å². The number of terminal acetylenes is 1. The minimum atomic E-state index is -0.815. The highest BCUT2D eigenvalue weighted by atomic mass is 16.6. The lowest BCUT2D eigenvalue weighted by atomic mass is 10.0. The SMILES string of the molecule is C#CCN(C(=O)CCCCCCCCC(=O)OC(COC(C)=O)COC(C)=O)[C@@H]1CCc2ccccc21. The van der Waals surface area contributed by atoms with Crippen LogP contribution in [0.25, 0.3) is 0 Å². The van der Waals surface area contributed by atoms with Crippen LogP contribution >= 0.6 is 0 Å². The fourth-order valence-corrected chi connectivity index (χ4v) is 4.51. The summed E-state index contributed by atoms with van der Waals surface area (Å²) in [7, 11) is 0. The van der Waals surface area contributed by atoms with Gasteiger partial charge in [0.25, 0.3) is 0 Å². The molecule has 1 atom stereocenters. The molecule has 1 amide bonds. The molecule has 0 saturated carbocycles. The Labute approximate surface area is 220 Å². The maximum Gasteiger partial charge on any atom is 0.306 e. The number of amides is 1. The lowest BCUT2D eigenvalue weighted by Gasteiger charge is -2.28. The summed E-state index contributed by atoms with van der Waals surface area (Å²) in [5, 5.41) is 0. The third-order valence-electron chi connectivity index (χ3n) is 6.32. The summed E-state index contributed by atoms with van der Waals surface area (Å²) in [6, 6.07) is 8.34. The number of esters is 3. The lowest BCUT2D eigenvalue weighted by Crippen LogP contribution is -2.34. The zero-order chi connectivity index (χ0) is 27.0. The van der Waals surface area contributed by atoms with Crippen molar-refractivity contribution >= 4 is 23.8 Å². The minimum Gasteiger partial charge on any atom is -0.462 e. The van der Waals surface area contributed by atoms with Gasteiger partial charge in [0, 0.05) is 26.7 Å². The van der Waals surface area contributed by atoms with Crippen LogP contribution in [0.15, 0.2) is 24.3 Å². The van der Waals surface area contributed by atoms with Crippen molar-refractivity contribution in [3.8, 4) is 12.3 Å². The third kappa shape index (κ3) is 11.1. The number of rotatable bonds is 16. The van der Waals surface area contributed by atoms with Gasteiger partial charge in [-0.15, -0.1) is 6.42 Å². The van der Waals surface area contributed by atoms with Crippen molar-refractivity contribution in [2.24, 2.45) is 0 Å². The lowest BCUT2D eigenvalue weighted by molar-refractivity contribution is -0.165. The molecule has 202 valence electrons. The highest BCUT2D eigenvalue weighted by Crippen LogP contribution is 2.35. The highest BCUT2D eigenvalue weighted by molar-refractivity contribution is 5.77. The van der Waals surface area contributed by atoms with Crippen LogP contribution in [0.2, 0.25) is 0 Å². The van der Waals surface area contributed by atoms with Crippen LogP contribution in [0.5, 0.6) is 0 Å². The normalized spacial score (nSPS) is 13.9. The van der Waals surface area contributed by atoms with Gasteiger partial charge in [-0.05, 0) is 36.8 Å². The topological polar surface area (TPSA) is 99.2 Å². The number of carbonyl (C=O) groups is 4. The molecule has 0 aromatic heterocycles. The Hall–Kier alpha value is -3.34. The van der Waals surface area contributed by atoms with E-state index in [1.54, 1.807) is 0 Å². The molecule has 8 heteroatoms. The molecule has 0 heterocycles. The Balaban J connectivity index is 1.61. The molecule has 0 unspecified atom stereocenters. The Morgan fingerprint density at radius 3 is 2.16 bits per heavy atom. The van der Waals surface area contributed by atoms with Gasteiger partial charge in [-0.25, -0.2) is 0 Å². The van der Waals surface area contributed by atoms with Crippen molar-refractivity contribution in [1.29, 1.82) is 0 Å². The molecule has 1 aromatic rings. The van der Waals surface area contributed by atoms with Crippen LogP contribution in [-0.2, 0) is 39.8 Å². The summed E-state index contributed by atoms with van der Waals surface area (Å²) in [5.41, 5.74) is 2.52. The smallest absolute Gasteiger partial charge is 0.306 e. The van der Waals surface area contributed by atoms with E-state index in [1.165, 1.54) is 25.0 Å². The van der Waals surface area contributed by atoms with E-state index in [1.807, 2.05) is 17.0 Å². The Kier molecular flexibility index (Phi) is 13.3. The van der Waals surface area contributed by atoms with Crippen LogP contribution in [0, 0.1) is 12.3 Å². The largest absolute Gasteiger partial charge is 0.462 e.